The fourth-order valence-corrected chi connectivity index (χ4v) is 1.31. The Morgan fingerprint density at radius 3 is 2.45 bits per heavy atom. The normalized spacial score (nSPS) is 10.5. The van der Waals surface area contributed by atoms with Gasteiger partial charge in [0, 0.05) is 25.0 Å². The second-order valence-corrected chi connectivity index (χ2v) is 2.76. The third-order valence-electron chi connectivity index (χ3n) is 2.05. The first-order chi connectivity index (χ1) is 5.29. The number of hydrogen-bond donors (Lipinski definition) is 1. The van der Waals surface area contributed by atoms with Crippen LogP contribution in [0.5, 0.6) is 0 Å². The third kappa shape index (κ3) is 1.63. The largest absolute Gasteiger partial charge is 0.350 e. The lowest BCUT2D eigenvalue weighted by atomic mass is 10.3. The van der Waals surface area contributed by atoms with Crippen LogP contribution in [0.15, 0.2) is 12.1 Å². The molecule has 0 atom stereocenters. The van der Waals surface area contributed by atoms with Gasteiger partial charge in [-0.05, 0) is 25.6 Å². The highest BCUT2D eigenvalue weighted by molar-refractivity contribution is 5.15. The number of aryl methyl sites for hydroxylation is 1. The minimum Gasteiger partial charge on any atom is -0.350 e. The molecule has 0 aliphatic carbocycles. The predicted molar refractivity (Wildman–Crippen MR) is 47.6 cm³/mol. The first kappa shape index (κ1) is 8.34. The molecule has 0 bridgehead atoms. The molecule has 0 spiro atoms. The molecule has 1 N–H and O–H groups in total. The Bertz CT molecular complexity index is 225. The van der Waals surface area contributed by atoms with Gasteiger partial charge in [0.1, 0.15) is 0 Å². The van der Waals surface area contributed by atoms with Crippen molar-refractivity contribution >= 4 is 0 Å². The second kappa shape index (κ2) is 3.58. The number of nitrogens with zero attached hydrogens (tertiary/aromatic N) is 1. The monoisotopic (exact) mass is 152 g/mol. The van der Waals surface area contributed by atoms with E-state index in [0.717, 1.165) is 13.0 Å². The van der Waals surface area contributed by atoms with E-state index in [1.807, 2.05) is 7.05 Å². The Balaban J connectivity index is 2.82. The molecule has 0 aromatic carbocycles. The van der Waals surface area contributed by atoms with Crippen molar-refractivity contribution in [3.63, 3.8) is 0 Å². The highest BCUT2D eigenvalue weighted by Gasteiger charge is 2.00. The summed E-state index contributed by atoms with van der Waals surface area (Å²) in [5.74, 6) is 0. The van der Waals surface area contributed by atoms with Crippen molar-refractivity contribution in [2.45, 2.75) is 19.9 Å². The Morgan fingerprint density at radius 1 is 1.36 bits per heavy atom. The lowest BCUT2D eigenvalue weighted by Gasteiger charge is -2.04. The SMILES string of the molecule is CCc1ccc(CNC)n1C. The molecule has 0 fully saturated rings. The van der Waals surface area contributed by atoms with Crippen LogP contribution >= 0.6 is 0 Å². The lowest BCUT2D eigenvalue weighted by molar-refractivity contribution is 0.712. The fraction of sp³-hybridized carbons (Fsp3) is 0.556. The first-order valence-electron chi connectivity index (χ1n) is 4.07. The van der Waals surface area contributed by atoms with Crippen LogP contribution in [-0.4, -0.2) is 11.6 Å². The first-order valence-corrected chi connectivity index (χ1v) is 4.07. The molecule has 0 unspecified atom stereocenters. The summed E-state index contributed by atoms with van der Waals surface area (Å²) in [6, 6.07) is 4.36. The number of nitrogens with one attached hydrogen (secondary N) is 1. The van der Waals surface area contributed by atoms with Crippen molar-refractivity contribution in [3.8, 4) is 0 Å². The quantitative estimate of drug-likeness (QED) is 0.691. The maximum absolute atomic E-state index is 3.14. The smallest absolute Gasteiger partial charge is 0.0356 e. The van der Waals surface area contributed by atoms with Gasteiger partial charge < -0.3 is 9.88 Å². The maximum Gasteiger partial charge on any atom is 0.0356 e. The lowest BCUT2D eigenvalue weighted by Crippen LogP contribution is -2.09. The van der Waals surface area contributed by atoms with Crippen LogP contribution in [0.1, 0.15) is 18.3 Å². The maximum atomic E-state index is 3.14. The minimum atomic E-state index is 0.955. The van der Waals surface area contributed by atoms with E-state index in [1.165, 1.54) is 11.4 Å². The average Bonchev–Trinajstić information content (AvgIpc) is 2.34. The highest BCUT2D eigenvalue weighted by Crippen LogP contribution is 2.06. The molecule has 1 aromatic heterocycles. The zero-order chi connectivity index (χ0) is 8.27. The van der Waals surface area contributed by atoms with Crippen molar-refractivity contribution in [3.05, 3.63) is 23.5 Å². The van der Waals surface area contributed by atoms with Crippen LogP contribution in [0, 0.1) is 0 Å². The zero-order valence-corrected chi connectivity index (χ0v) is 7.52. The summed E-state index contributed by atoms with van der Waals surface area (Å²) in [4.78, 5) is 0. The molecule has 0 aliphatic heterocycles. The average molecular weight is 152 g/mol. The third-order valence-corrected chi connectivity index (χ3v) is 2.05. The van der Waals surface area contributed by atoms with Gasteiger partial charge in [0.2, 0.25) is 0 Å². The van der Waals surface area contributed by atoms with E-state index in [4.69, 9.17) is 0 Å². The van der Waals surface area contributed by atoms with Crippen LogP contribution in [0.3, 0.4) is 0 Å². The Labute approximate surface area is 68.2 Å². The van der Waals surface area contributed by atoms with Crippen molar-refractivity contribution in [2.24, 2.45) is 7.05 Å². The Kier molecular flexibility index (Phi) is 2.71. The second-order valence-electron chi connectivity index (χ2n) is 2.76. The van der Waals surface area contributed by atoms with Gasteiger partial charge in [0.05, 0.1) is 0 Å². The van der Waals surface area contributed by atoms with Crippen LogP contribution in [0.2, 0.25) is 0 Å². The number of aromatic nitrogens is 1. The molecule has 11 heavy (non-hydrogen) atoms. The summed E-state index contributed by atoms with van der Waals surface area (Å²) in [6.07, 6.45) is 1.11. The van der Waals surface area contributed by atoms with Gasteiger partial charge in [-0.15, -0.1) is 0 Å². The summed E-state index contributed by atoms with van der Waals surface area (Å²) in [5, 5.41) is 3.14. The molecule has 0 radical (unpaired) electrons. The van der Waals surface area contributed by atoms with Crippen LogP contribution in [0.25, 0.3) is 0 Å². The van der Waals surface area contributed by atoms with E-state index in [1.54, 1.807) is 0 Å². The van der Waals surface area contributed by atoms with E-state index >= 15 is 0 Å². The summed E-state index contributed by atoms with van der Waals surface area (Å²) < 4.78 is 2.25. The molecule has 0 amide bonds. The summed E-state index contributed by atoms with van der Waals surface area (Å²) in [5.41, 5.74) is 2.75. The van der Waals surface area contributed by atoms with Gasteiger partial charge in [-0.25, -0.2) is 0 Å². The van der Waals surface area contributed by atoms with E-state index in [9.17, 15) is 0 Å². The highest BCUT2D eigenvalue weighted by atomic mass is 15.0. The van der Waals surface area contributed by atoms with E-state index in [0.29, 0.717) is 0 Å². The fourth-order valence-electron chi connectivity index (χ4n) is 1.31. The molecular weight excluding hydrogens is 136 g/mol. The summed E-state index contributed by atoms with van der Waals surface area (Å²) >= 11 is 0. The van der Waals surface area contributed by atoms with Crippen molar-refractivity contribution in [1.82, 2.24) is 9.88 Å². The van der Waals surface area contributed by atoms with Crippen molar-refractivity contribution < 1.29 is 0 Å². The van der Waals surface area contributed by atoms with Crippen molar-refractivity contribution in [1.29, 1.82) is 0 Å². The molecule has 1 rings (SSSR count). The number of rotatable bonds is 3. The summed E-state index contributed by atoms with van der Waals surface area (Å²) in [6.45, 7) is 3.13. The van der Waals surface area contributed by atoms with E-state index in [-0.39, 0.29) is 0 Å². The van der Waals surface area contributed by atoms with Gasteiger partial charge in [-0.2, -0.15) is 0 Å². The predicted octanol–water partition coefficient (Wildman–Crippen LogP) is 1.31. The van der Waals surface area contributed by atoms with Crippen molar-refractivity contribution in [2.75, 3.05) is 7.05 Å². The van der Waals surface area contributed by atoms with Gasteiger partial charge >= 0.3 is 0 Å². The molecule has 2 heteroatoms. The Morgan fingerprint density at radius 2 is 2.00 bits per heavy atom. The van der Waals surface area contributed by atoms with Crippen LogP contribution in [-0.2, 0) is 20.0 Å². The molecule has 0 saturated carbocycles. The molecule has 0 saturated heterocycles. The Hall–Kier alpha value is -0.760. The molecule has 1 aromatic rings. The van der Waals surface area contributed by atoms with Gasteiger partial charge in [0.15, 0.2) is 0 Å². The number of hydrogen-bond acceptors (Lipinski definition) is 1. The molecular formula is C9H16N2. The van der Waals surface area contributed by atoms with E-state index < -0.39 is 0 Å². The minimum absolute atomic E-state index is 0.955. The molecule has 0 aliphatic rings. The van der Waals surface area contributed by atoms with Gasteiger partial charge in [-0.1, -0.05) is 6.92 Å². The van der Waals surface area contributed by atoms with Gasteiger partial charge in [0.25, 0.3) is 0 Å². The van der Waals surface area contributed by atoms with Gasteiger partial charge in [-0.3, -0.25) is 0 Å². The topological polar surface area (TPSA) is 17.0 Å². The molecule has 62 valence electrons. The van der Waals surface area contributed by atoms with Crippen LogP contribution < -0.4 is 5.32 Å². The summed E-state index contributed by atoms with van der Waals surface area (Å²) in [7, 11) is 4.09. The molecule has 2 nitrogen and oxygen atoms in total. The van der Waals surface area contributed by atoms with Crippen LogP contribution in [0.4, 0.5) is 0 Å². The zero-order valence-electron chi connectivity index (χ0n) is 7.52. The van der Waals surface area contributed by atoms with E-state index in [2.05, 4.69) is 36.0 Å². The standard InChI is InChI=1S/C9H16N2/c1-4-8-5-6-9(7-10-2)11(8)3/h5-6,10H,4,7H2,1-3H3. The molecule has 1 heterocycles.